The van der Waals surface area contributed by atoms with Crippen molar-refractivity contribution in [3.05, 3.63) is 46.8 Å². The molecule has 0 bridgehead atoms. The maximum atomic E-state index is 12.7. The van der Waals surface area contributed by atoms with E-state index in [2.05, 4.69) is 4.98 Å². The van der Waals surface area contributed by atoms with Gasteiger partial charge in [-0.25, -0.2) is 0 Å². The molecule has 0 aliphatic carbocycles. The Morgan fingerprint density at radius 2 is 2.00 bits per heavy atom. The molecule has 0 unspecified atom stereocenters. The number of hydrogen-bond donors (Lipinski definition) is 1. The maximum absolute atomic E-state index is 12.7. The summed E-state index contributed by atoms with van der Waals surface area (Å²) in [6.45, 7) is 0.200. The van der Waals surface area contributed by atoms with Crippen molar-refractivity contribution in [3.63, 3.8) is 0 Å². The van der Waals surface area contributed by atoms with Crippen LogP contribution >= 0.6 is 12.2 Å². The van der Waals surface area contributed by atoms with Gasteiger partial charge in [0.05, 0.1) is 5.52 Å². The number of ether oxygens (including phenoxy) is 2. The smallest absolute Gasteiger partial charge is 0.266 e. The van der Waals surface area contributed by atoms with E-state index in [1.807, 2.05) is 6.07 Å². The summed E-state index contributed by atoms with van der Waals surface area (Å²) in [7, 11) is 1.71. The summed E-state index contributed by atoms with van der Waals surface area (Å²) in [5.41, 5.74) is 2.54. The molecule has 1 aliphatic rings. The van der Waals surface area contributed by atoms with E-state index in [0.717, 1.165) is 5.52 Å². The molecule has 1 aromatic heterocycles. The van der Waals surface area contributed by atoms with Crippen LogP contribution in [-0.2, 0) is 0 Å². The fourth-order valence-corrected chi connectivity index (χ4v) is 2.68. The number of anilines is 1. The number of aromatic nitrogens is 1. The molecule has 0 atom stereocenters. The Hall–Kier alpha value is -2.80. The average Bonchev–Trinajstić information content (AvgIpc) is 3.16. The lowest BCUT2D eigenvalue weighted by Gasteiger charge is -2.17. The van der Waals surface area contributed by atoms with Gasteiger partial charge in [-0.3, -0.25) is 4.79 Å². The number of aromatic amines is 1. The number of carbonyl (C=O) groups excluding carboxylic acids is 1. The zero-order valence-corrected chi connectivity index (χ0v) is 13.0. The van der Waals surface area contributed by atoms with E-state index in [-0.39, 0.29) is 17.5 Å². The van der Waals surface area contributed by atoms with E-state index < -0.39 is 0 Å². The van der Waals surface area contributed by atoms with Gasteiger partial charge in [0.15, 0.2) is 17.1 Å². The molecule has 3 aromatic rings. The molecule has 0 fully saturated rings. The lowest BCUT2D eigenvalue weighted by Crippen LogP contribution is -2.26. The number of carbonyl (C=O) groups is 1. The van der Waals surface area contributed by atoms with Gasteiger partial charge in [-0.15, -0.1) is 0 Å². The van der Waals surface area contributed by atoms with Crippen LogP contribution in [0.4, 0.5) is 5.69 Å². The highest BCUT2D eigenvalue weighted by atomic mass is 32.1. The first-order valence-electron chi connectivity index (χ1n) is 6.92. The summed E-state index contributed by atoms with van der Waals surface area (Å²) in [6, 6.07) is 10.6. The number of nitrogens with one attached hydrogen (secondary N) is 1. The Morgan fingerprint density at radius 1 is 1.17 bits per heavy atom. The minimum atomic E-state index is -0.159. The van der Waals surface area contributed by atoms with Crippen LogP contribution in [-0.4, -0.2) is 24.7 Å². The normalized spacial score (nSPS) is 12.6. The Morgan fingerprint density at radius 3 is 2.87 bits per heavy atom. The van der Waals surface area contributed by atoms with Crippen LogP contribution in [0, 0.1) is 4.84 Å². The number of amides is 1. The minimum Gasteiger partial charge on any atom is -0.454 e. The van der Waals surface area contributed by atoms with Gasteiger partial charge in [0.1, 0.15) is 0 Å². The monoisotopic (exact) mass is 328 g/mol. The summed E-state index contributed by atoms with van der Waals surface area (Å²) >= 11 is 4.95. The molecular weight excluding hydrogens is 316 g/mol. The number of rotatable bonds is 2. The molecule has 2 heterocycles. The van der Waals surface area contributed by atoms with Crippen molar-refractivity contribution in [1.29, 1.82) is 0 Å². The number of nitrogens with zero attached hydrogens (tertiary/aromatic N) is 1. The lowest BCUT2D eigenvalue weighted by atomic mass is 10.1. The molecule has 6 nitrogen and oxygen atoms in total. The molecule has 1 amide bonds. The Labute approximate surface area is 136 Å². The van der Waals surface area contributed by atoms with Crippen molar-refractivity contribution in [1.82, 2.24) is 4.98 Å². The van der Waals surface area contributed by atoms with E-state index in [1.165, 1.54) is 0 Å². The molecule has 0 saturated heterocycles. The van der Waals surface area contributed by atoms with Crippen molar-refractivity contribution in [2.45, 2.75) is 0 Å². The number of benzene rings is 2. The third-order valence-corrected chi connectivity index (χ3v) is 3.90. The minimum absolute atomic E-state index is 0.159. The summed E-state index contributed by atoms with van der Waals surface area (Å²) in [6.07, 6.45) is 0. The molecule has 2 aromatic carbocycles. The van der Waals surface area contributed by atoms with E-state index in [1.54, 1.807) is 42.3 Å². The van der Waals surface area contributed by atoms with E-state index in [4.69, 9.17) is 26.1 Å². The van der Waals surface area contributed by atoms with Gasteiger partial charge in [-0.2, -0.15) is 0 Å². The second-order valence-corrected chi connectivity index (χ2v) is 5.50. The number of hydrogen-bond acceptors (Lipinski definition) is 5. The van der Waals surface area contributed by atoms with Crippen LogP contribution in [0.3, 0.4) is 0 Å². The zero-order valence-electron chi connectivity index (χ0n) is 12.2. The van der Waals surface area contributed by atoms with Crippen LogP contribution in [0.5, 0.6) is 11.5 Å². The SMILES string of the molecule is CN(C(=O)c1ccc2[nH]c(=S)oc2c1)c1ccc2c(c1)OCO2. The fraction of sp³-hybridized carbons (Fsp3) is 0.125. The van der Waals surface area contributed by atoms with Crippen LogP contribution in [0.15, 0.2) is 40.8 Å². The summed E-state index contributed by atoms with van der Waals surface area (Å²) in [5.74, 6) is 1.15. The van der Waals surface area contributed by atoms with Crippen molar-refractivity contribution in [2.75, 3.05) is 18.7 Å². The fourth-order valence-electron chi connectivity index (χ4n) is 2.48. The summed E-state index contributed by atoms with van der Waals surface area (Å²) < 4.78 is 16.0. The number of H-pyrrole nitrogens is 1. The molecular formula is C16H12N2O4S. The van der Waals surface area contributed by atoms with Gasteiger partial charge < -0.3 is 23.8 Å². The zero-order chi connectivity index (χ0) is 16.0. The molecule has 23 heavy (non-hydrogen) atoms. The predicted molar refractivity (Wildman–Crippen MR) is 86.7 cm³/mol. The highest BCUT2D eigenvalue weighted by Crippen LogP contribution is 2.35. The molecule has 1 aliphatic heterocycles. The van der Waals surface area contributed by atoms with Crippen LogP contribution in [0.1, 0.15) is 10.4 Å². The predicted octanol–water partition coefficient (Wildman–Crippen LogP) is 3.50. The molecule has 4 rings (SSSR count). The number of oxazole rings is 1. The molecule has 116 valence electrons. The van der Waals surface area contributed by atoms with Crippen LogP contribution < -0.4 is 14.4 Å². The average molecular weight is 328 g/mol. The standard InChI is InChI=1S/C16H12N2O4S/c1-18(10-3-5-12-14(7-10)21-8-20-12)15(19)9-2-4-11-13(6-9)22-16(23)17-11/h2-7H,8H2,1H3,(H,17,23). The van der Waals surface area contributed by atoms with Gasteiger partial charge in [-0.05, 0) is 42.5 Å². The summed E-state index contributed by atoms with van der Waals surface area (Å²) in [4.78, 5) is 17.4. The van der Waals surface area contributed by atoms with Crippen molar-refractivity contribution in [3.8, 4) is 11.5 Å². The first-order chi connectivity index (χ1) is 11.1. The topological polar surface area (TPSA) is 67.7 Å². The van der Waals surface area contributed by atoms with Crippen molar-refractivity contribution in [2.24, 2.45) is 0 Å². The van der Waals surface area contributed by atoms with Crippen molar-refractivity contribution >= 4 is 34.9 Å². The molecule has 1 N–H and O–H groups in total. The van der Waals surface area contributed by atoms with E-state index in [9.17, 15) is 4.79 Å². The number of fused-ring (bicyclic) bond motifs is 2. The van der Waals surface area contributed by atoms with Gasteiger partial charge in [0, 0.05) is 24.4 Å². The molecule has 0 saturated carbocycles. The van der Waals surface area contributed by atoms with Crippen LogP contribution in [0.2, 0.25) is 0 Å². The van der Waals surface area contributed by atoms with E-state index in [0.29, 0.717) is 28.3 Å². The highest BCUT2D eigenvalue weighted by molar-refractivity contribution is 7.71. The summed E-state index contributed by atoms with van der Waals surface area (Å²) in [5, 5.41) is 0. The van der Waals surface area contributed by atoms with E-state index >= 15 is 0 Å². The lowest BCUT2D eigenvalue weighted by molar-refractivity contribution is 0.0993. The third-order valence-electron chi connectivity index (χ3n) is 3.72. The second kappa shape index (κ2) is 5.13. The molecule has 0 radical (unpaired) electrons. The Bertz CT molecular complexity index is 976. The van der Waals surface area contributed by atoms with Gasteiger partial charge in [0.25, 0.3) is 10.7 Å². The highest BCUT2D eigenvalue weighted by Gasteiger charge is 2.19. The van der Waals surface area contributed by atoms with Crippen molar-refractivity contribution < 1.29 is 18.7 Å². The quantitative estimate of drug-likeness (QED) is 0.729. The Balaban J connectivity index is 1.67. The molecule has 7 heteroatoms. The Kier molecular flexibility index (Phi) is 3.09. The maximum Gasteiger partial charge on any atom is 0.266 e. The third kappa shape index (κ3) is 2.35. The van der Waals surface area contributed by atoms with Gasteiger partial charge in [0.2, 0.25) is 6.79 Å². The van der Waals surface area contributed by atoms with Gasteiger partial charge >= 0.3 is 0 Å². The van der Waals surface area contributed by atoms with Gasteiger partial charge in [-0.1, -0.05) is 0 Å². The van der Waals surface area contributed by atoms with Crippen LogP contribution in [0.25, 0.3) is 11.1 Å². The largest absolute Gasteiger partial charge is 0.454 e. The molecule has 0 spiro atoms. The first-order valence-corrected chi connectivity index (χ1v) is 7.33. The first kappa shape index (κ1) is 13.8. The second-order valence-electron chi connectivity index (χ2n) is 5.13.